The molecule has 1 aromatic heterocycles. The summed E-state index contributed by atoms with van der Waals surface area (Å²) in [6, 6.07) is 28.9. The Morgan fingerprint density at radius 3 is 2.39 bits per heavy atom. The number of hydrogen-bond acceptors (Lipinski definition) is 4. The van der Waals surface area contributed by atoms with Crippen LogP contribution in [0.5, 0.6) is 0 Å². The summed E-state index contributed by atoms with van der Waals surface area (Å²) in [5.74, 6) is -0.294. The number of carbonyl (C=O) groups excluding carboxylic acids is 1. The second-order valence-electron chi connectivity index (χ2n) is 10.6. The molecule has 4 aromatic carbocycles. The molecule has 5 heteroatoms. The molecule has 206 valence electrons. The molecule has 0 amide bonds. The highest BCUT2D eigenvalue weighted by atomic mass is 16.5. The predicted octanol–water partition coefficient (Wildman–Crippen LogP) is 8.79. The zero-order valence-electron chi connectivity index (χ0n) is 23.8. The summed E-state index contributed by atoms with van der Waals surface area (Å²) >= 11 is 0. The fraction of sp³-hybridized carbons (Fsp3) is 0.250. The summed E-state index contributed by atoms with van der Waals surface area (Å²) < 4.78 is 8.01. The van der Waals surface area contributed by atoms with Crippen LogP contribution in [0.2, 0.25) is 0 Å². The van der Waals surface area contributed by atoms with Gasteiger partial charge in [0, 0.05) is 45.0 Å². The maximum absolute atomic E-state index is 13.0. The zero-order valence-corrected chi connectivity index (χ0v) is 23.8. The standard InChI is InChI=1S/C36H35N3O2/c1-3-5-11-21-39-32-18-10-9-13-26(32)31-23-25(19-20-33(31)39)24-37-38-35-28-15-8-7-14-27(28)34-29(35)16-12-17-30(34)36(40)41-22-6-4-2/h7-10,12-20,23-24H,3-6,11,21-22H2,1-2H3. The average Bonchev–Trinajstić information content (AvgIpc) is 3.50. The number of aryl methyl sites for hydroxylation is 1. The Balaban J connectivity index is 1.35. The summed E-state index contributed by atoms with van der Waals surface area (Å²) in [6.07, 6.45) is 7.26. The summed E-state index contributed by atoms with van der Waals surface area (Å²) in [6.45, 7) is 5.77. The van der Waals surface area contributed by atoms with Crippen molar-refractivity contribution < 1.29 is 9.53 Å². The number of carbonyl (C=O) groups is 1. The number of aromatic nitrogens is 1. The van der Waals surface area contributed by atoms with E-state index in [-0.39, 0.29) is 5.97 Å². The minimum atomic E-state index is -0.294. The van der Waals surface area contributed by atoms with Crippen molar-refractivity contribution >= 4 is 39.7 Å². The van der Waals surface area contributed by atoms with Crippen LogP contribution in [0.3, 0.4) is 0 Å². The molecule has 0 N–H and O–H groups in total. The van der Waals surface area contributed by atoms with Crippen molar-refractivity contribution in [1.29, 1.82) is 0 Å². The van der Waals surface area contributed by atoms with E-state index < -0.39 is 0 Å². The molecule has 0 atom stereocenters. The minimum Gasteiger partial charge on any atom is -0.462 e. The molecule has 0 bridgehead atoms. The lowest BCUT2D eigenvalue weighted by Crippen LogP contribution is -2.08. The van der Waals surface area contributed by atoms with Gasteiger partial charge in [-0.05, 0) is 48.2 Å². The highest BCUT2D eigenvalue weighted by Gasteiger charge is 2.29. The highest BCUT2D eigenvalue weighted by molar-refractivity contribution is 6.26. The van der Waals surface area contributed by atoms with Gasteiger partial charge in [-0.2, -0.15) is 5.10 Å². The molecule has 0 radical (unpaired) electrons. The third kappa shape index (κ3) is 5.08. The summed E-state index contributed by atoms with van der Waals surface area (Å²) in [4.78, 5) is 13.0. The van der Waals surface area contributed by atoms with E-state index >= 15 is 0 Å². The van der Waals surface area contributed by atoms with Crippen LogP contribution in [0, 0.1) is 0 Å². The average molecular weight is 542 g/mol. The topological polar surface area (TPSA) is 56.0 Å². The number of fused-ring (bicyclic) bond motifs is 6. The third-order valence-electron chi connectivity index (χ3n) is 7.87. The van der Waals surface area contributed by atoms with E-state index in [1.807, 2.05) is 48.7 Å². The van der Waals surface area contributed by atoms with E-state index in [1.165, 1.54) is 41.1 Å². The molecule has 0 saturated heterocycles. The Bertz CT molecular complexity index is 1790. The monoisotopic (exact) mass is 541 g/mol. The van der Waals surface area contributed by atoms with Crippen molar-refractivity contribution in [1.82, 2.24) is 4.57 Å². The van der Waals surface area contributed by atoms with Crippen molar-refractivity contribution in [3.8, 4) is 11.1 Å². The first-order valence-corrected chi connectivity index (χ1v) is 14.7. The van der Waals surface area contributed by atoms with Crippen molar-refractivity contribution in [2.24, 2.45) is 10.2 Å². The van der Waals surface area contributed by atoms with Crippen LogP contribution in [0.15, 0.2) is 95.1 Å². The number of ether oxygens (including phenoxy) is 1. The maximum atomic E-state index is 13.0. The molecule has 41 heavy (non-hydrogen) atoms. The van der Waals surface area contributed by atoms with Gasteiger partial charge in [0.05, 0.1) is 18.4 Å². The molecule has 5 nitrogen and oxygen atoms in total. The molecular weight excluding hydrogens is 506 g/mol. The third-order valence-corrected chi connectivity index (χ3v) is 7.87. The Labute approximate surface area is 241 Å². The molecule has 1 heterocycles. The summed E-state index contributed by atoms with van der Waals surface area (Å²) in [5.41, 5.74) is 8.59. The quantitative estimate of drug-likeness (QED) is 0.0753. The van der Waals surface area contributed by atoms with E-state index in [4.69, 9.17) is 9.84 Å². The van der Waals surface area contributed by atoms with Gasteiger partial charge in [-0.1, -0.05) is 93.8 Å². The van der Waals surface area contributed by atoms with Gasteiger partial charge in [0.15, 0.2) is 0 Å². The molecular formula is C36H35N3O2. The van der Waals surface area contributed by atoms with E-state index in [9.17, 15) is 4.79 Å². The van der Waals surface area contributed by atoms with Gasteiger partial charge in [0.2, 0.25) is 0 Å². The molecule has 0 fully saturated rings. The summed E-state index contributed by atoms with van der Waals surface area (Å²) in [5, 5.41) is 11.7. The van der Waals surface area contributed by atoms with Gasteiger partial charge in [-0.25, -0.2) is 4.79 Å². The predicted molar refractivity (Wildman–Crippen MR) is 169 cm³/mol. The van der Waals surface area contributed by atoms with Crippen molar-refractivity contribution in [2.45, 2.75) is 52.5 Å². The van der Waals surface area contributed by atoms with Crippen LogP contribution in [-0.4, -0.2) is 29.1 Å². The molecule has 6 rings (SSSR count). The largest absolute Gasteiger partial charge is 0.462 e. The summed E-state index contributed by atoms with van der Waals surface area (Å²) in [7, 11) is 0. The Hall–Kier alpha value is -4.51. The van der Waals surface area contributed by atoms with Gasteiger partial charge in [-0.3, -0.25) is 0 Å². The van der Waals surface area contributed by atoms with E-state index in [1.54, 1.807) is 0 Å². The molecule has 5 aromatic rings. The van der Waals surface area contributed by atoms with Crippen LogP contribution >= 0.6 is 0 Å². The fourth-order valence-corrected chi connectivity index (χ4v) is 5.82. The van der Waals surface area contributed by atoms with Gasteiger partial charge in [-0.15, -0.1) is 5.10 Å². The fourth-order valence-electron chi connectivity index (χ4n) is 5.82. The zero-order chi connectivity index (χ0) is 28.2. The lowest BCUT2D eigenvalue weighted by Gasteiger charge is -2.09. The Morgan fingerprint density at radius 1 is 0.780 bits per heavy atom. The number of hydrogen-bond donors (Lipinski definition) is 0. The molecule has 1 aliphatic carbocycles. The number of esters is 1. The van der Waals surface area contributed by atoms with E-state index in [0.29, 0.717) is 12.2 Å². The van der Waals surface area contributed by atoms with Crippen molar-refractivity contribution in [3.05, 3.63) is 107 Å². The van der Waals surface area contributed by atoms with Crippen LogP contribution in [0.4, 0.5) is 0 Å². The molecule has 0 saturated carbocycles. The van der Waals surface area contributed by atoms with Gasteiger partial charge < -0.3 is 9.30 Å². The molecule has 0 unspecified atom stereocenters. The smallest absolute Gasteiger partial charge is 0.338 e. The van der Waals surface area contributed by atoms with E-state index in [0.717, 1.165) is 52.9 Å². The number of unbranched alkanes of at least 4 members (excludes halogenated alkanes) is 3. The number of benzene rings is 4. The van der Waals surface area contributed by atoms with Gasteiger partial charge in [0.25, 0.3) is 0 Å². The first-order valence-electron chi connectivity index (χ1n) is 14.7. The highest BCUT2D eigenvalue weighted by Crippen LogP contribution is 2.39. The van der Waals surface area contributed by atoms with Gasteiger partial charge in [0.1, 0.15) is 5.71 Å². The minimum absolute atomic E-state index is 0.294. The molecule has 0 spiro atoms. The molecule has 1 aliphatic rings. The SMILES string of the molecule is CCCCCn1c2ccccc2c2cc(C=NN=C3c4ccccc4-c4c(C(=O)OCCCC)cccc43)ccc21. The number of nitrogens with zero attached hydrogens (tertiary/aromatic N) is 3. The number of rotatable bonds is 10. The first kappa shape index (κ1) is 26.7. The lowest BCUT2D eigenvalue weighted by molar-refractivity contribution is 0.0500. The Kier molecular flexibility index (Phi) is 7.77. The van der Waals surface area contributed by atoms with E-state index in [2.05, 4.69) is 66.0 Å². The van der Waals surface area contributed by atoms with Gasteiger partial charge >= 0.3 is 5.97 Å². The van der Waals surface area contributed by atoms with Crippen LogP contribution in [0.25, 0.3) is 32.9 Å². The van der Waals surface area contributed by atoms with Crippen molar-refractivity contribution in [3.63, 3.8) is 0 Å². The maximum Gasteiger partial charge on any atom is 0.338 e. The normalized spacial score (nSPS) is 13.4. The Morgan fingerprint density at radius 2 is 1.54 bits per heavy atom. The first-order chi connectivity index (χ1) is 20.2. The lowest BCUT2D eigenvalue weighted by atomic mass is 9.99. The van der Waals surface area contributed by atoms with Crippen LogP contribution in [0.1, 0.15) is 73.0 Å². The van der Waals surface area contributed by atoms with Crippen LogP contribution < -0.4 is 0 Å². The van der Waals surface area contributed by atoms with Crippen LogP contribution in [-0.2, 0) is 11.3 Å². The second kappa shape index (κ2) is 11.9. The molecule has 0 aliphatic heterocycles. The van der Waals surface area contributed by atoms with Crippen molar-refractivity contribution in [2.75, 3.05) is 6.61 Å². The number of para-hydroxylation sites is 1. The second-order valence-corrected chi connectivity index (χ2v) is 10.6.